The van der Waals surface area contributed by atoms with Gasteiger partial charge in [-0.15, -0.1) is 0 Å². The lowest BCUT2D eigenvalue weighted by Gasteiger charge is -2.40. The number of likely N-dealkylation sites (tertiary alicyclic amines) is 2. The van der Waals surface area contributed by atoms with Crippen LogP contribution in [-0.2, 0) is 78.4 Å². The standard InChI is InChI=1S/C92H126ClN21O12/c1-12-97-91-108-81(109-92(110-91)100-56(4)5)65-35-29-61(30-36-65)51-78(112(11)88(124)74(54-115)107-85(121)72(50-63-22-19-42-96-52-63)105-84(120)71(48-60-32-38-68(93)39-33-60)104-83(119)70(102-59(9)116)49-62-31-34-64-23-13-14-24-66(64)47-62)87(123)103-69(25-16-18-43-98-79-40-37-67(53-99-79)75-27-20-44-111(75)10)82(118)106-73(46-55(2)3)89(125)114(57(6)7)77(26-15-17-41-94)90(126)113-45-21-28-76(113)86(122)101-58(8)80(95)117/h13-14,19,22-24,29-40,42,47,52-53,55-58,69-78,115H,12,15-18,20-21,25-28,41,43-46,48-51,54,94H2,1-11H3,(H2,95,117)(H,98,99)(H,101,122)(H,102,116)(H,103,123)(H,104,119)(H,105,120)(H,106,118)(H,107,121)(H2,97,100,108,109,110)/t58-,69-,70-,71-,72-,73-,74-,75?,76-,77-,78-/m0/s1. The third-order valence-corrected chi connectivity index (χ3v) is 22.8. The molecule has 33 nitrogen and oxygen atoms in total. The van der Waals surface area contributed by atoms with Crippen molar-refractivity contribution in [1.29, 1.82) is 0 Å². The zero-order valence-corrected chi connectivity index (χ0v) is 74.9. The minimum atomic E-state index is -1.83. The molecule has 5 heterocycles. The first-order chi connectivity index (χ1) is 60.3. The van der Waals surface area contributed by atoms with Crippen LogP contribution in [0.2, 0.25) is 5.02 Å². The fourth-order valence-corrected chi connectivity index (χ4v) is 16.0. The quantitative estimate of drug-likeness (QED) is 0.0188. The van der Waals surface area contributed by atoms with Gasteiger partial charge in [-0.3, -0.25) is 62.6 Å². The number of aliphatic hydroxyl groups excluding tert-OH is 1. The van der Waals surface area contributed by atoms with Crippen LogP contribution in [0.5, 0.6) is 0 Å². The normalized spacial score (nSPS) is 16.1. The second-order valence-electron chi connectivity index (χ2n) is 33.7. The van der Waals surface area contributed by atoms with Gasteiger partial charge in [-0.05, 0) is 201 Å². The number of nitrogens with two attached hydrogens (primary N) is 2. The summed E-state index contributed by atoms with van der Waals surface area (Å²) in [5.41, 5.74) is 15.4. The van der Waals surface area contributed by atoms with Gasteiger partial charge in [-0.25, -0.2) is 4.98 Å². The van der Waals surface area contributed by atoms with Crippen molar-refractivity contribution in [1.82, 2.24) is 81.7 Å². The van der Waals surface area contributed by atoms with Crippen LogP contribution < -0.4 is 64.6 Å². The van der Waals surface area contributed by atoms with Gasteiger partial charge < -0.3 is 84.4 Å². The third-order valence-electron chi connectivity index (χ3n) is 22.5. The molecule has 7 aromatic rings. The number of aliphatic hydroxyl groups is 1. The Hall–Kier alpha value is -11.8. The molecule has 15 N–H and O–H groups in total. The van der Waals surface area contributed by atoms with Crippen molar-refractivity contribution in [3.63, 3.8) is 0 Å². The Bertz CT molecular complexity index is 4820. The van der Waals surface area contributed by atoms with Gasteiger partial charge in [0.05, 0.1) is 6.61 Å². The number of nitrogens with zero attached hydrogens (tertiary/aromatic N) is 9. The highest BCUT2D eigenvalue weighted by molar-refractivity contribution is 6.30. The highest BCUT2D eigenvalue weighted by Crippen LogP contribution is 2.32. The molecule has 0 radical (unpaired) electrons. The molecule has 0 spiro atoms. The number of halogens is 1. The van der Waals surface area contributed by atoms with E-state index in [0.29, 0.717) is 102 Å². The molecule has 2 fully saturated rings. The maximum atomic E-state index is 16.0. The van der Waals surface area contributed by atoms with E-state index in [2.05, 4.69) is 86.1 Å². The van der Waals surface area contributed by atoms with Gasteiger partial charge in [-0.1, -0.05) is 116 Å². The summed E-state index contributed by atoms with van der Waals surface area (Å²) in [6.07, 6.45) is 8.93. The van der Waals surface area contributed by atoms with Crippen LogP contribution in [0.3, 0.4) is 0 Å². The summed E-state index contributed by atoms with van der Waals surface area (Å²) in [5.74, 6) is -6.80. The highest BCUT2D eigenvalue weighted by atomic mass is 35.5. The Kier molecular flexibility index (Phi) is 37.4. The molecule has 126 heavy (non-hydrogen) atoms. The second kappa shape index (κ2) is 48.1. The van der Waals surface area contributed by atoms with Crippen LogP contribution in [0.4, 0.5) is 17.7 Å². The van der Waals surface area contributed by atoms with E-state index < -0.39 is 138 Å². The summed E-state index contributed by atoms with van der Waals surface area (Å²) in [5, 5.41) is 43.2. The first kappa shape index (κ1) is 98.0. The summed E-state index contributed by atoms with van der Waals surface area (Å²) in [7, 11) is 3.41. The Labute approximate surface area is 742 Å². The molecule has 1 unspecified atom stereocenters. The van der Waals surface area contributed by atoms with Crippen molar-refractivity contribution in [2.45, 2.75) is 237 Å². The van der Waals surface area contributed by atoms with Crippen molar-refractivity contribution >= 4 is 105 Å². The molecule has 9 rings (SSSR count). The number of amides is 11. The van der Waals surface area contributed by atoms with Crippen LogP contribution in [0, 0.1) is 5.92 Å². The molecule has 3 aromatic heterocycles. The van der Waals surface area contributed by atoms with Crippen molar-refractivity contribution in [2.24, 2.45) is 17.4 Å². The van der Waals surface area contributed by atoms with Crippen molar-refractivity contribution < 1.29 is 57.8 Å². The fraction of sp³-hybridized carbons (Fsp3) is 0.500. The molecule has 2 aliphatic heterocycles. The lowest BCUT2D eigenvalue weighted by Crippen LogP contribution is -2.62. The van der Waals surface area contributed by atoms with Crippen LogP contribution >= 0.6 is 11.6 Å². The van der Waals surface area contributed by atoms with E-state index in [1.165, 1.54) is 43.1 Å². The van der Waals surface area contributed by atoms with E-state index in [0.717, 1.165) is 40.6 Å². The van der Waals surface area contributed by atoms with Crippen molar-refractivity contribution in [3.8, 4) is 11.4 Å². The molecular weight excluding hydrogens is 1630 g/mol. The molecular formula is C92H126ClN21O12. The molecule has 11 amide bonds. The lowest BCUT2D eigenvalue weighted by atomic mass is 9.97. The largest absolute Gasteiger partial charge is 0.394 e. The first-order valence-electron chi connectivity index (χ1n) is 43.8. The number of anilines is 3. The summed E-state index contributed by atoms with van der Waals surface area (Å²) >= 11 is 6.33. The van der Waals surface area contributed by atoms with Crippen LogP contribution in [-0.4, -0.2) is 241 Å². The molecule has 0 aliphatic carbocycles. The van der Waals surface area contributed by atoms with E-state index in [4.69, 9.17) is 33.0 Å². The van der Waals surface area contributed by atoms with Crippen molar-refractivity contribution in [3.05, 3.63) is 167 Å². The predicted octanol–water partition coefficient (Wildman–Crippen LogP) is 6.22. The first-order valence-corrected chi connectivity index (χ1v) is 44.2. The molecule has 0 saturated carbocycles. The van der Waals surface area contributed by atoms with Crippen molar-refractivity contribution in [2.75, 3.05) is 69.4 Å². The molecule has 4 aromatic carbocycles. The maximum Gasteiger partial charge on any atom is 0.247 e. The highest BCUT2D eigenvalue weighted by Gasteiger charge is 2.44. The number of pyridine rings is 2. The second-order valence-corrected chi connectivity index (χ2v) is 34.1. The monoisotopic (exact) mass is 1750 g/mol. The zero-order chi connectivity index (χ0) is 91.3. The molecule has 2 saturated heterocycles. The Morgan fingerprint density at radius 2 is 1.20 bits per heavy atom. The SMILES string of the molecule is CCNc1nc(NC(C)C)nc(-c2ccc(C[C@@H](C(=O)N[C@@H](CCCCNc3ccc(C4CCCN4C)cn3)C(=O)N[C@@H](CC(C)C)C(=O)N(C(C)C)[C@@H](CCCCN)C(=O)N3CCC[C@H]3C(=O)N[C@@H](C)C(N)=O)N(C)C(=O)[C@H](CO)NC(=O)[C@H](Cc3cccnc3)NC(=O)[C@H](Cc3ccc(Cl)cc3)NC(=O)[C@H](Cc3ccc4ccccc4c3)NC(C)=O)cc2)n1. The number of likely N-dealkylation sites (N-methyl/N-ethyl adjacent to an activating group) is 1. The number of carbonyl (C=O) groups is 11. The number of benzene rings is 4. The van der Waals surface area contributed by atoms with Crippen LogP contribution in [0.25, 0.3) is 22.2 Å². The Morgan fingerprint density at radius 1 is 0.587 bits per heavy atom. The van der Waals surface area contributed by atoms with E-state index in [1.54, 1.807) is 74.5 Å². The fourth-order valence-electron chi connectivity index (χ4n) is 15.9. The van der Waals surface area contributed by atoms with E-state index >= 15 is 33.6 Å². The summed E-state index contributed by atoms with van der Waals surface area (Å²) in [6.45, 7) is 17.1. The molecule has 11 atom stereocenters. The van der Waals surface area contributed by atoms with Crippen LogP contribution in [0.1, 0.15) is 167 Å². The minimum absolute atomic E-state index is 0.0263. The lowest BCUT2D eigenvalue weighted by molar-refractivity contribution is -0.152. The van der Waals surface area contributed by atoms with E-state index in [9.17, 15) is 24.3 Å². The van der Waals surface area contributed by atoms with Gasteiger partial charge in [0.1, 0.15) is 66.2 Å². The third kappa shape index (κ3) is 28.6. The van der Waals surface area contributed by atoms with Gasteiger partial charge >= 0.3 is 0 Å². The summed E-state index contributed by atoms with van der Waals surface area (Å²) in [6, 6.07) is 20.2. The van der Waals surface area contributed by atoms with Gasteiger partial charge in [0.2, 0.25) is 76.9 Å². The number of unbranched alkanes of at least 4 members (excludes halogenated alkanes) is 2. The summed E-state index contributed by atoms with van der Waals surface area (Å²) in [4.78, 5) is 192. The molecule has 0 bridgehead atoms. The van der Waals surface area contributed by atoms with Crippen LogP contribution in [0.15, 0.2) is 134 Å². The van der Waals surface area contributed by atoms with Gasteiger partial charge in [0.15, 0.2) is 5.82 Å². The Morgan fingerprint density at radius 3 is 1.81 bits per heavy atom. The number of hydrogen-bond acceptors (Lipinski definition) is 22. The molecule has 678 valence electrons. The number of fused-ring (bicyclic) bond motifs is 1. The maximum absolute atomic E-state index is 16.0. The Balaban J connectivity index is 1.05. The number of hydrogen-bond donors (Lipinski definition) is 13. The number of nitrogens with one attached hydrogen (secondary N) is 10. The average Bonchev–Trinajstić information content (AvgIpc) is 1.51. The number of aromatic nitrogens is 5. The van der Waals surface area contributed by atoms with E-state index in [-0.39, 0.29) is 82.5 Å². The van der Waals surface area contributed by atoms with Gasteiger partial charge in [0.25, 0.3) is 0 Å². The number of primary amides is 1. The number of rotatable bonds is 47. The predicted molar refractivity (Wildman–Crippen MR) is 484 cm³/mol. The van der Waals surface area contributed by atoms with E-state index in [1.807, 2.05) is 89.3 Å². The minimum Gasteiger partial charge on any atom is -0.394 e. The molecule has 2 aliphatic rings. The summed E-state index contributed by atoms with van der Waals surface area (Å²) < 4.78 is 0. The zero-order valence-electron chi connectivity index (χ0n) is 74.1. The smallest absolute Gasteiger partial charge is 0.247 e. The topological polar surface area (TPSA) is 458 Å². The average molecular weight is 1750 g/mol. The molecule has 34 heteroatoms. The van der Waals surface area contributed by atoms with Gasteiger partial charge in [0, 0.05) is 107 Å². The van der Waals surface area contributed by atoms with Gasteiger partial charge in [-0.2, -0.15) is 15.0 Å². The number of carbonyl (C=O) groups excluding carboxylic acids is 11.